The highest BCUT2D eigenvalue weighted by Gasteiger charge is 2.31. The Kier molecular flexibility index (Phi) is 6.46. The molecule has 1 aromatic rings. The van der Waals surface area contributed by atoms with Crippen LogP contribution in [-0.4, -0.2) is 89.0 Å². The molecule has 0 bridgehead atoms. The van der Waals surface area contributed by atoms with Gasteiger partial charge in [-0.15, -0.1) is 0 Å². The van der Waals surface area contributed by atoms with Crippen LogP contribution in [0, 0.1) is 5.92 Å². The van der Waals surface area contributed by atoms with Crippen molar-refractivity contribution in [3.8, 4) is 0 Å². The Hall–Kier alpha value is -1.97. The number of aliphatic carboxylic acids is 1. The lowest BCUT2D eigenvalue weighted by atomic mass is 10.2. The van der Waals surface area contributed by atoms with Crippen molar-refractivity contribution in [2.45, 2.75) is 31.9 Å². The highest BCUT2D eigenvalue weighted by atomic mass is 16.5. The first-order valence-corrected chi connectivity index (χ1v) is 9.50. The first-order chi connectivity index (χ1) is 12.9. The summed E-state index contributed by atoms with van der Waals surface area (Å²) in [5.74, 6) is 0.467. The smallest absolute Gasteiger partial charge is 0.317 e. The molecular formula is C18H29N5O4. The van der Waals surface area contributed by atoms with Crippen LogP contribution in [0.15, 0.2) is 12.3 Å². The van der Waals surface area contributed by atoms with Crippen molar-refractivity contribution >= 4 is 17.7 Å². The quantitative estimate of drug-likeness (QED) is 0.645. The van der Waals surface area contributed by atoms with Gasteiger partial charge >= 0.3 is 5.97 Å². The van der Waals surface area contributed by atoms with Crippen molar-refractivity contribution in [3.63, 3.8) is 0 Å². The summed E-state index contributed by atoms with van der Waals surface area (Å²) in [6, 6.07) is 2.13. The maximum absolute atomic E-state index is 12.5. The third kappa shape index (κ3) is 5.75. The number of aromatic nitrogens is 2. The van der Waals surface area contributed by atoms with E-state index in [9.17, 15) is 9.59 Å². The van der Waals surface area contributed by atoms with Crippen molar-refractivity contribution in [1.29, 1.82) is 0 Å². The minimum Gasteiger partial charge on any atom is -0.480 e. The number of nitrogens with zero attached hydrogens (tertiary/aromatic N) is 4. The number of carbonyl (C=O) groups is 2. The Morgan fingerprint density at radius 3 is 2.96 bits per heavy atom. The second-order valence-corrected chi connectivity index (χ2v) is 7.61. The Bertz CT molecular complexity index is 660. The van der Waals surface area contributed by atoms with Crippen LogP contribution >= 0.6 is 0 Å². The van der Waals surface area contributed by atoms with E-state index in [0.29, 0.717) is 38.2 Å². The summed E-state index contributed by atoms with van der Waals surface area (Å²) < 4.78 is 7.61. The number of anilines is 1. The minimum absolute atomic E-state index is 0.0243. The fourth-order valence-electron chi connectivity index (χ4n) is 3.58. The first-order valence-electron chi connectivity index (χ1n) is 9.50. The maximum atomic E-state index is 12.5. The molecule has 1 saturated carbocycles. The molecule has 2 unspecified atom stereocenters. The van der Waals surface area contributed by atoms with Crippen LogP contribution in [0.25, 0.3) is 0 Å². The van der Waals surface area contributed by atoms with E-state index in [4.69, 9.17) is 9.84 Å². The zero-order valence-electron chi connectivity index (χ0n) is 16.0. The number of likely N-dealkylation sites (N-methyl/N-ethyl adjacent to an activating group) is 1. The molecule has 150 valence electrons. The van der Waals surface area contributed by atoms with Gasteiger partial charge in [0.25, 0.3) is 0 Å². The van der Waals surface area contributed by atoms with Crippen LogP contribution in [0.4, 0.5) is 5.82 Å². The van der Waals surface area contributed by atoms with E-state index in [0.717, 1.165) is 5.82 Å². The molecule has 1 amide bonds. The summed E-state index contributed by atoms with van der Waals surface area (Å²) in [5.41, 5.74) is 0. The van der Waals surface area contributed by atoms with Gasteiger partial charge in [0, 0.05) is 25.7 Å². The molecule has 27 heavy (non-hydrogen) atoms. The van der Waals surface area contributed by atoms with E-state index < -0.39 is 5.97 Å². The molecule has 1 aromatic heterocycles. The van der Waals surface area contributed by atoms with Crippen molar-refractivity contribution in [1.82, 2.24) is 19.6 Å². The fraction of sp³-hybridized carbons (Fsp3) is 0.722. The third-order valence-corrected chi connectivity index (χ3v) is 5.14. The predicted octanol–water partition coefficient (Wildman–Crippen LogP) is 0.510. The molecule has 2 aliphatic rings. The lowest BCUT2D eigenvalue weighted by molar-refractivity contribution is -0.138. The minimum atomic E-state index is -0.860. The Morgan fingerprint density at radius 2 is 2.26 bits per heavy atom. The summed E-state index contributed by atoms with van der Waals surface area (Å²) >= 11 is 0. The summed E-state index contributed by atoms with van der Waals surface area (Å²) in [6.07, 6.45) is 4.06. The van der Waals surface area contributed by atoms with Crippen LogP contribution in [0.2, 0.25) is 0 Å². The van der Waals surface area contributed by atoms with Crippen molar-refractivity contribution in [3.05, 3.63) is 12.3 Å². The van der Waals surface area contributed by atoms with Gasteiger partial charge in [-0.25, -0.2) is 4.68 Å². The number of nitrogens with one attached hydrogen (secondary N) is 1. The molecule has 0 aromatic carbocycles. The largest absolute Gasteiger partial charge is 0.480 e. The lowest BCUT2D eigenvalue weighted by Crippen LogP contribution is -2.49. The molecule has 9 nitrogen and oxygen atoms in total. The molecule has 1 aliphatic heterocycles. The van der Waals surface area contributed by atoms with E-state index in [1.54, 1.807) is 18.1 Å². The highest BCUT2D eigenvalue weighted by Crippen LogP contribution is 2.40. The number of carboxylic acids is 1. The number of hydrogen-bond acceptors (Lipinski definition) is 6. The average Bonchev–Trinajstić information content (AvgIpc) is 3.33. The van der Waals surface area contributed by atoms with Gasteiger partial charge < -0.3 is 15.2 Å². The zero-order chi connectivity index (χ0) is 19.4. The molecule has 0 radical (unpaired) electrons. The molecule has 2 N–H and O–H groups in total. The molecule has 3 rings (SSSR count). The van der Waals surface area contributed by atoms with Crippen molar-refractivity contribution in [2.75, 3.05) is 51.7 Å². The van der Waals surface area contributed by atoms with Gasteiger partial charge in [0.1, 0.15) is 5.82 Å². The molecule has 9 heteroatoms. The Balaban J connectivity index is 1.48. The summed E-state index contributed by atoms with van der Waals surface area (Å²) in [7, 11) is 1.76. The number of ether oxygens (including phenoxy) is 1. The number of carbonyl (C=O) groups excluding carboxylic acids is 1. The summed E-state index contributed by atoms with van der Waals surface area (Å²) in [4.78, 5) is 27.0. The third-order valence-electron chi connectivity index (χ3n) is 5.14. The molecule has 1 saturated heterocycles. The average molecular weight is 379 g/mol. The van der Waals surface area contributed by atoms with Gasteiger partial charge in [-0.3, -0.25) is 19.4 Å². The van der Waals surface area contributed by atoms with E-state index in [1.165, 1.54) is 12.8 Å². The van der Waals surface area contributed by atoms with Gasteiger partial charge in [-0.05, 0) is 32.7 Å². The maximum Gasteiger partial charge on any atom is 0.317 e. The van der Waals surface area contributed by atoms with Gasteiger partial charge in [0.05, 0.1) is 38.0 Å². The summed E-state index contributed by atoms with van der Waals surface area (Å²) in [6.45, 7) is 4.75. The van der Waals surface area contributed by atoms with Gasteiger partial charge in [0.2, 0.25) is 5.91 Å². The highest BCUT2D eigenvalue weighted by molar-refractivity contribution is 5.91. The van der Waals surface area contributed by atoms with Gasteiger partial charge in [-0.1, -0.05) is 0 Å². The normalized spacial score (nSPS) is 22.0. The van der Waals surface area contributed by atoms with Gasteiger partial charge in [-0.2, -0.15) is 5.10 Å². The Labute approximate surface area is 159 Å². The number of morpholine rings is 1. The van der Waals surface area contributed by atoms with E-state index in [2.05, 4.69) is 17.3 Å². The van der Waals surface area contributed by atoms with E-state index in [-0.39, 0.29) is 25.1 Å². The number of carboxylic acid groups (broad SMARTS) is 1. The molecule has 2 atom stereocenters. The van der Waals surface area contributed by atoms with Crippen LogP contribution in [-0.2, 0) is 14.3 Å². The van der Waals surface area contributed by atoms with E-state index >= 15 is 0 Å². The molecule has 2 fully saturated rings. The van der Waals surface area contributed by atoms with Crippen LogP contribution in [0.5, 0.6) is 0 Å². The lowest BCUT2D eigenvalue weighted by Gasteiger charge is -2.34. The summed E-state index contributed by atoms with van der Waals surface area (Å²) in [5, 5.41) is 16.2. The van der Waals surface area contributed by atoms with Gasteiger partial charge in [0.15, 0.2) is 0 Å². The monoisotopic (exact) mass is 379 g/mol. The SMILES string of the molecule is CC(C1CC1)n1nccc1NC(=O)CN1CCOC(CN(C)CC(=O)O)C1. The Morgan fingerprint density at radius 1 is 1.48 bits per heavy atom. The van der Waals surface area contributed by atoms with Crippen LogP contribution < -0.4 is 5.32 Å². The standard InChI is InChI=1S/C18H29N5O4/c1-13(14-3-4-14)23-16(5-6-19-23)20-17(24)11-22-7-8-27-15(10-22)9-21(2)12-18(25)26/h5-6,13-15H,3-4,7-12H2,1-2H3,(H,20,24)(H,25,26). The topological polar surface area (TPSA) is 99.9 Å². The van der Waals surface area contributed by atoms with E-state index in [1.807, 2.05) is 15.6 Å². The molecule has 0 spiro atoms. The fourth-order valence-corrected chi connectivity index (χ4v) is 3.58. The predicted molar refractivity (Wildman–Crippen MR) is 99.6 cm³/mol. The number of rotatable bonds is 9. The van der Waals surface area contributed by atoms with Crippen molar-refractivity contribution in [2.24, 2.45) is 5.92 Å². The first kappa shape index (κ1) is 19.8. The van der Waals surface area contributed by atoms with Crippen LogP contribution in [0.1, 0.15) is 25.8 Å². The second kappa shape index (κ2) is 8.81. The van der Waals surface area contributed by atoms with Crippen molar-refractivity contribution < 1.29 is 19.4 Å². The zero-order valence-corrected chi connectivity index (χ0v) is 16.0. The number of hydrogen-bond donors (Lipinski definition) is 2. The number of amides is 1. The second-order valence-electron chi connectivity index (χ2n) is 7.61. The van der Waals surface area contributed by atoms with Crippen LogP contribution in [0.3, 0.4) is 0 Å². The molecule has 2 heterocycles. The molecule has 1 aliphatic carbocycles. The molecular weight excluding hydrogens is 350 g/mol.